The highest BCUT2D eigenvalue weighted by atomic mass is 15.3. The van der Waals surface area contributed by atoms with E-state index in [1.807, 2.05) is 18.3 Å². The summed E-state index contributed by atoms with van der Waals surface area (Å²) >= 11 is 0. The number of allylic oxidation sites excluding steroid dienone is 1. The first kappa shape index (κ1) is 17.8. The van der Waals surface area contributed by atoms with Gasteiger partial charge in [-0.25, -0.2) is 15.0 Å². The molecule has 0 bridgehead atoms. The minimum atomic E-state index is 0.920. The Morgan fingerprint density at radius 1 is 0.926 bits per heavy atom. The fourth-order valence-electron chi connectivity index (χ4n) is 3.80. The first-order valence-corrected chi connectivity index (χ1v) is 10.0. The number of hydrogen-bond donors (Lipinski definition) is 1. The van der Waals surface area contributed by atoms with Crippen LogP contribution in [0.1, 0.15) is 32.1 Å². The largest absolute Gasteiger partial charge is 0.370 e. The number of pyridine rings is 1. The molecule has 4 rings (SSSR count). The topological polar surface area (TPSA) is 57.2 Å². The molecule has 0 aromatic carbocycles. The van der Waals surface area contributed by atoms with Crippen LogP contribution in [-0.2, 0) is 0 Å². The zero-order valence-corrected chi connectivity index (χ0v) is 15.8. The predicted octanol–water partition coefficient (Wildman–Crippen LogP) is 3.50. The summed E-state index contributed by atoms with van der Waals surface area (Å²) in [4.78, 5) is 18.0. The van der Waals surface area contributed by atoms with Gasteiger partial charge in [-0.15, -0.1) is 0 Å². The van der Waals surface area contributed by atoms with Crippen LogP contribution in [0, 0.1) is 0 Å². The van der Waals surface area contributed by atoms with Crippen LogP contribution in [0.3, 0.4) is 0 Å². The fourth-order valence-corrected chi connectivity index (χ4v) is 3.80. The quantitative estimate of drug-likeness (QED) is 0.792. The number of hydrogen-bond acceptors (Lipinski definition) is 6. The summed E-state index contributed by atoms with van der Waals surface area (Å²) in [7, 11) is 0. The molecule has 3 heterocycles. The van der Waals surface area contributed by atoms with Gasteiger partial charge in [-0.2, -0.15) is 0 Å². The SMILES string of the molecule is C1=C(CCNc2cc(N3CCN(c4ccccn4)CC3)ncn2)CCCC1. The lowest BCUT2D eigenvalue weighted by Crippen LogP contribution is -2.47. The number of nitrogens with one attached hydrogen (secondary N) is 1. The van der Waals surface area contributed by atoms with Gasteiger partial charge in [-0.1, -0.05) is 17.7 Å². The van der Waals surface area contributed by atoms with Crippen molar-refractivity contribution in [2.75, 3.05) is 47.8 Å². The second kappa shape index (κ2) is 8.84. The van der Waals surface area contributed by atoms with E-state index < -0.39 is 0 Å². The summed E-state index contributed by atoms with van der Waals surface area (Å²) in [6, 6.07) is 8.15. The molecule has 0 radical (unpaired) electrons. The molecule has 2 aromatic rings. The third-order valence-electron chi connectivity index (χ3n) is 5.37. The Bertz CT molecular complexity index is 752. The molecule has 1 aliphatic carbocycles. The van der Waals surface area contributed by atoms with Gasteiger partial charge in [0.1, 0.15) is 23.8 Å². The second-order valence-electron chi connectivity index (χ2n) is 7.21. The Kier molecular flexibility index (Phi) is 5.82. The van der Waals surface area contributed by atoms with Crippen LogP contribution >= 0.6 is 0 Å². The van der Waals surface area contributed by atoms with Crippen molar-refractivity contribution in [3.63, 3.8) is 0 Å². The summed E-state index contributed by atoms with van der Waals surface area (Å²) in [5.74, 6) is 2.98. The fraction of sp³-hybridized carbons (Fsp3) is 0.476. The van der Waals surface area contributed by atoms with E-state index in [-0.39, 0.29) is 0 Å². The maximum atomic E-state index is 4.49. The Labute approximate surface area is 161 Å². The highest BCUT2D eigenvalue weighted by molar-refractivity contribution is 5.50. The van der Waals surface area contributed by atoms with Gasteiger partial charge >= 0.3 is 0 Å². The minimum Gasteiger partial charge on any atom is -0.370 e. The summed E-state index contributed by atoms with van der Waals surface area (Å²) < 4.78 is 0. The van der Waals surface area contributed by atoms with E-state index in [1.54, 1.807) is 11.9 Å². The third-order valence-corrected chi connectivity index (χ3v) is 5.37. The van der Waals surface area contributed by atoms with E-state index in [0.29, 0.717) is 0 Å². The molecule has 1 fully saturated rings. The van der Waals surface area contributed by atoms with Gasteiger partial charge in [0.05, 0.1) is 0 Å². The number of aromatic nitrogens is 3. The molecule has 27 heavy (non-hydrogen) atoms. The summed E-state index contributed by atoms with van der Waals surface area (Å²) in [5.41, 5.74) is 1.59. The highest BCUT2D eigenvalue weighted by Crippen LogP contribution is 2.21. The van der Waals surface area contributed by atoms with Crippen LogP contribution in [0.5, 0.6) is 0 Å². The third kappa shape index (κ3) is 4.76. The monoisotopic (exact) mass is 364 g/mol. The normalized spacial score (nSPS) is 17.6. The molecule has 2 aromatic heterocycles. The van der Waals surface area contributed by atoms with Crippen molar-refractivity contribution in [3.8, 4) is 0 Å². The van der Waals surface area contributed by atoms with Crippen molar-refractivity contribution in [3.05, 3.63) is 48.4 Å². The van der Waals surface area contributed by atoms with Gasteiger partial charge in [0.15, 0.2) is 0 Å². The Morgan fingerprint density at radius 3 is 2.52 bits per heavy atom. The van der Waals surface area contributed by atoms with Gasteiger partial charge in [0, 0.05) is 45.0 Å². The number of piperazine rings is 1. The van der Waals surface area contributed by atoms with E-state index in [9.17, 15) is 0 Å². The van der Waals surface area contributed by atoms with Crippen molar-refractivity contribution < 1.29 is 0 Å². The average molecular weight is 364 g/mol. The average Bonchev–Trinajstić information content (AvgIpc) is 2.76. The lowest BCUT2D eigenvalue weighted by molar-refractivity contribution is 0.641. The van der Waals surface area contributed by atoms with Crippen LogP contribution in [-0.4, -0.2) is 47.7 Å². The van der Waals surface area contributed by atoms with E-state index in [0.717, 1.165) is 56.6 Å². The first-order chi connectivity index (χ1) is 13.4. The Morgan fingerprint density at radius 2 is 1.78 bits per heavy atom. The van der Waals surface area contributed by atoms with Crippen LogP contribution in [0.25, 0.3) is 0 Å². The summed E-state index contributed by atoms with van der Waals surface area (Å²) in [6.45, 7) is 4.74. The summed E-state index contributed by atoms with van der Waals surface area (Å²) in [5, 5.41) is 3.47. The highest BCUT2D eigenvalue weighted by Gasteiger charge is 2.19. The lowest BCUT2D eigenvalue weighted by Gasteiger charge is -2.36. The van der Waals surface area contributed by atoms with Gasteiger partial charge < -0.3 is 15.1 Å². The van der Waals surface area contributed by atoms with Gasteiger partial charge in [0.2, 0.25) is 0 Å². The molecule has 0 spiro atoms. The van der Waals surface area contributed by atoms with Crippen molar-refractivity contribution in [2.45, 2.75) is 32.1 Å². The molecule has 0 atom stereocenters. The molecular weight excluding hydrogens is 336 g/mol. The van der Waals surface area contributed by atoms with Crippen LogP contribution in [0.4, 0.5) is 17.5 Å². The van der Waals surface area contributed by atoms with Crippen molar-refractivity contribution in [1.82, 2.24) is 15.0 Å². The zero-order chi connectivity index (χ0) is 18.3. The number of anilines is 3. The number of rotatable bonds is 6. The predicted molar refractivity (Wildman–Crippen MR) is 110 cm³/mol. The van der Waals surface area contributed by atoms with Gasteiger partial charge in [0.25, 0.3) is 0 Å². The lowest BCUT2D eigenvalue weighted by atomic mass is 9.97. The Balaban J connectivity index is 1.29. The molecule has 1 N–H and O–H groups in total. The maximum absolute atomic E-state index is 4.49. The summed E-state index contributed by atoms with van der Waals surface area (Å²) in [6.07, 6.45) is 12.2. The van der Waals surface area contributed by atoms with E-state index >= 15 is 0 Å². The van der Waals surface area contributed by atoms with E-state index in [1.165, 1.54) is 25.7 Å². The second-order valence-corrected chi connectivity index (χ2v) is 7.21. The smallest absolute Gasteiger partial charge is 0.134 e. The molecule has 6 nitrogen and oxygen atoms in total. The molecule has 0 saturated carbocycles. The standard InChI is InChI=1S/C21H28N6/c1-2-6-18(7-3-1)9-11-22-19-16-21(25-17-24-19)27-14-12-26(13-15-27)20-8-4-5-10-23-20/h4-6,8,10,16-17H,1-3,7,9,11-15H2,(H,22,24,25). The molecule has 0 amide bonds. The molecular formula is C21H28N6. The zero-order valence-electron chi connectivity index (χ0n) is 15.8. The molecule has 0 unspecified atom stereocenters. The molecule has 1 saturated heterocycles. The van der Waals surface area contributed by atoms with Crippen LogP contribution < -0.4 is 15.1 Å². The van der Waals surface area contributed by atoms with Gasteiger partial charge in [-0.05, 0) is 44.2 Å². The Hall–Kier alpha value is -2.63. The van der Waals surface area contributed by atoms with Crippen LogP contribution in [0.2, 0.25) is 0 Å². The molecule has 1 aliphatic heterocycles. The molecule has 2 aliphatic rings. The van der Waals surface area contributed by atoms with Crippen molar-refractivity contribution >= 4 is 17.5 Å². The van der Waals surface area contributed by atoms with E-state index in [2.05, 4.69) is 48.3 Å². The molecule has 142 valence electrons. The number of nitrogens with zero attached hydrogens (tertiary/aromatic N) is 5. The maximum Gasteiger partial charge on any atom is 0.134 e. The van der Waals surface area contributed by atoms with Crippen LogP contribution in [0.15, 0.2) is 48.4 Å². The first-order valence-electron chi connectivity index (χ1n) is 10.0. The van der Waals surface area contributed by atoms with Gasteiger partial charge in [-0.3, -0.25) is 0 Å². The van der Waals surface area contributed by atoms with Crippen molar-refractivity contribution in [2.24, 2.45) is 0 Å². The minimum absolute atomic E-state index is 0.920. The van der Waals surface area contributed by atoms with Crippen molar-refractivity contribution in [1.29, 1.82) is 0 Å². The van der Waals surface area contributed by atoms with E-state index in [4.69, 9.17) is 0 Å². The molecule has 6 heteroatoms.